The van der Waals surface area contributed by atoms with E-state index in [1.54, 1.807) is 36.5 Å². The third-order valence-corrected chi connectivity index (χ3v) is 3.43. The van der Waals surface area contributed by atoms with Crippen molar-refractivity contribution in [3.63, 3.8) is 0 Å². The fourth-order valence-corrected chi connectivity index (χ4v) is 2.19. The van der Waals surface area contributed by atoms with Gasteiger partial charge in [0, 0.05) is 16.0 Å². The summed E-state index contributed by atoms with van der Waals surface area (Å²) in [7, 11) is 0. The van der Waals surface area contributed by atoms with Gasteiger partial charge in [0.2, 0.25) is 0 Å². The summed E-state index contributed by atoms with van der Waals surface area (Å²) >= 11 is 1.60. The van der Waals surface area contributed by atoms with Gasteiger partial charge in [-0.3, -0.25) is 4.79 Å². The number of nitrogens with one attached hydrogen (secondary N) is 1. The second-order valence-electron chi connectivity index (χ2n) is 3.71. The fourth-order valence-electron chi connectivity index (χ4n) is 1.55. The Morgan fingerprint density at radius 1 is 1.35 bits per heavy atom. The number of phenolic OH excluding ortho intramolecular Hbond substituents is 1. The van der Waals surface area contributed by atoms with E-state index in [4.69, 9.17) is 0 Å². The number of benzene rings is 1. The predicted octanol–water partition coefficient (Wildman–Crippen LogP) is 2.69. The van der Waals surface area contributed by atoms with Crippen LogP contribution in [0.5, 0.6) is 5.75 Å². The first-order valence-electron chi connectivity index (χ1n) is 5.27. The molecular weight excluding hydrogens is 234 g/mol. The summed E-state index contributed by atoms with van der Waals surface area (Å²) in [5.74, 6) is -0.0134. The molecule has 0 saturated heterocycles. The predicted molar refractivity (Wildman–Crippen MR) is 68.3 cm³/mol. The SMILES string of the molecule is Cc1c(O)cccc1C(=O)NCc1cccs1. The van der Waals surface area contributed by atoms with Crippen LogP contribution < -0.4 is 5.32 Å². The van der Waals surface area contributed by atoms with Gasteiger partial charge in [-0.25, -0.2) is 0 Å². The Balaban J connectivity index is 2.07. The van der Waals surface area contributed by atoms with E-state index in [0.717, 1.165) is 4.88 Å². The normalized spacial score (nSPS) is 10.2. The third kappa shape index (κ3) is 2.65. The summed E-state index contributed by atoms with van der Waals surface area (Å²) in [5, 5.41) is 14.3. The Morgan fingerprint density at radius 2 is 2.18 bits per heavy atom. The number of amides is 1. The largest absolute Gasteiger partial charge is 0.508 e. The third-order valence-electron chi connectivity index (χ3n) is 2.55. The van der Waals surface area contributed by atoms with Crippen LogP contribution in [0.2, 0.25) is 0 Å². The zero-order valence-electron chi connectivity index (χ0n) is 9.43. The van der Waals surface area contributed by atoms with E-state index in [9.17, 15) is 9.90 Å². The number of phenols is 1. The lowest BCUT2D eigenvalue weighted by molar-refractivity contribution is 0.0950. The second-order valence-corrected chi connectivity index (χ2v) is 4.74. The van der Waals surface area contributed by atoms with Crippen LogP contribution in [-0.2, 0) is 6.54 Å². The molecule has 0 spiro atoms. The number of aromatic hydroxyl groups is 1. The van der Waals surface area contributed by atoms with Gasteiger partial charge in [0.05, 0.1) is 6.54 Å². The Morgan fingerprint density at radius 3 is 2.88 bits per heavy atom. The summed E-state index contributed by atoms with van der Waals surface area (Å²) in [6.45, 7) is 2.25. The molecule has 0 saturated carbocycles. The summed E-state index contributed by atoms with van der Waals surface area (Å²) in [4.78, 5) is 13.0. The maximum absolute atomic E-state index is 11.9. The van der Waals surface area contributed by atoms with Gasteiger partial charge in [-0.15, -0.1) is 11.3 Å². The molecule has 3 nitrogen and oxygen atoms in total. The Kier molecular flexibility index (Phi) is 3.44. The smallest absolute Gasteiger partial charge is 0.251 e. The first kappa shape index (κ1) is 11.7. The molecule has 0 atom stereocenters. The summed E-state index contributed by atoms with van der Waals surface area (Å²) in [5.41, 5.74) is 1.12. The molecule has 2 N–H and O–H groups in total. The lowest BCUT2D eigenvalue weighted by atomic mass is 10.1. The Hall–Kier alpha value is -1.81. The average Bonchev–Trinajstić information content (AvgIpc) is 2.82. The van der Waals surface area contributed by atoms with Crippen molar-refractivity contribution in [2.45, 2.75) is 13.5 Å². The molecule has 0 unspecified atom stereocenters. The minimum atomic E-state index is -0.160. The molecule has 1 aromatic carbocycles. The topological polar surface area (TPSA) is 49.3 Å². The van der Waals surface area contributed by atoms with Gasteiger partial charge in [-0.1, -0.05) is 12.1 Å². The van der Waals surface area contributed by atoms with Crippen molar-refractivity contribution in [3.8, 4) is 5.75 Å². The second kappa shape index (κ2) is 5.01. The lowest BCUT2D eigenvalue weighted by Gasteiger charge is -2.07. The van der Waals surface area contributed by atoms with Crippen molar-refractivity contribution in [3.05, 3.63) is 51.7 Å². The number of carbonyl (C=O) groups is 1. The van der Waals surface area contributed by atoms with Crippen LogP contribution in [0.4, 0.5) is 0 Å². The zero-order valence-corrected chi connectivity index (χ0v) is 10.3. The van der Waals surface area contributed by atoms with E-state index < -0.39 is 0 Å². The van der Waals surface area contributed by atoms with E-state index in [2.05, 4.69) is 5.32 Å². The van der Waals surface area contributed by atoms with E-state index in [1.807, 2.05) is 17.5 Å². The monoisotopic (exact) mass is 247 g/mol. The lowest BCUT2D eigenvalue weighted by Crippen LogP contribution is -2.23. The summed E-state index contributed by atoms with van der Waals surface area (Å²) < 4.78 is 0. The minimum Gasteiger partial charge on any atom is -0.508 e. The van der Waals surface area contributed by atoms with Gasteiger partial charge < -0.3 is 10.4 Å². The van der Waals surface area contributed by atoms with Crippen molar-refractivity contribution in [2.24, 2.45) is 0 Å². The van der Waals surface area contributed by atoms with Gasteiger partial charge in [-0.2, -0.15) is 0 Å². The minimum absolute atomic E-state index is 0.147. The molecule has 1 amide bonds. The molecule has 0 aliphatic heterocycles. The Bertz CT molecular complexity index is 520. The maximum Gasteiger partial charge on any atom is 0.251 e. The maximum atomic E-state index is 11.9. The number of hydrogen-bond acceptors (Lipinski definition) is 3. The van der Waals surface area contributed by atoms with Crippen LogP contribution in [-0.4, -0.2) is 11.0 Å². The quantitative estimate of drug-likeness (QED) is 0.876. The van der Waals surface area contributed by atoms with Crippen molar-refractivity contribution in [1.29, 1.82) is 0 Å². The molecule has 0 aliphatic carbocycles. The molecular formula is C13H13NO2S. The number of rotatable bonds is 3. The van der Waals surface area contributed by atoms with Crippen LogP contribution in [0.15, 0.2) is 35.7 Å². The molecule has 1 heterocycles. The molecule has 17 heavy (non-hydrogen) atoms. The van der Waals surface area contributed by atoms with Crippen LogP contribution in [0, 0.1) is 6.92 Å². The zero-order chi connectivity index (χ0) is 12.3. The summed E-state index contributed by atoms with van der Waals surface area (Å²) in [6, 6.07) is 8.87. The van der Waals surface area contributed by atoms with Crippen LogP contribution in [0.25, 0.3) is 0 Å². The van der Waals surface area contributed by atoms with E-state index in [0.29, 0.717) is 17.7 Å². The molecule has 0 radical (unpaired) electrons. The first-order chi connectivity index (χ1) is 8.18. The average molecular weight is 247 g/mol. The Labute approximate surface area is 104 Å². The van der Waals surface area contributed by atoms with Crippen LogP contribution in [0.3, 0.4) is 0 Å². The van der Waals surface area contributed by atoms with Gasteiger partial charge in [-0.05, 0) is 30.5 Å². The van der Waals surface area contributed by atoms with Crippen molar-refractivity contribution < 1.29 is 9.90 Å². The number of hydrogen-bond donors (Lipinski definition) is 2. The summed E-state index contributed by atoms with van der Waals surface area (Å²) in [6.07, 6.45) is 0. The van der Waals surface area contributed by atoms with E-state index in [-0.39, 0.29) is 11.7 Å². The molecule has 0 bridgehead atoms. The number of thiophene rings is 1. The highest BCUT2D eigenvalue weighted by atomic mass is 32.1. The van der Waals surface area contributed by atoms with Crippen molar-refractivity contribution >= 4 is 17.2 Å². The van der Waals surface area contributed by atoms with Gasteiger partial charge in [0.25, 0.3) is 5.91 Å². The van der Waals surface area contributed by atoms with E-state index in [1.165, 1.54) is 0 Å². The highest BCUT2D eigenvalue weighted by molar-refractivity contribution is 7.09. The van der Waals surface area contributed by atoms with Crippen LogP contribution >= 0.6 is 11.3 Å². The van der Waals surface area contributed by atoms with Gasteiger partial charge >= 0.3 is 0 Å². The molecule has 1 aromatic heterocycles. The molecule has 4 heteroatoms. The standard InChI is InChI=1S/C13H13NO2S/c1-9-11(5-2-6-12(9)15)13(16)14-8-10-4-3-7-17-10/h2-7,15H,8H2,1H3,(H,14,16). The highest BCUT2D eigenvalue weighted by Gasteiger charge is 2.10. The van der Waals surface area contributed by atoms with E-state index >= 15 is 0 Å². The molecule has 0 aliphatic rings. The van der Waals surface area contributed by atoms with Gasteiger partial charge in [0.1, 0.15) is 5.75 Å². The van der Waals surface area contributed by atoms with Gasteiger partial charge in [0.15, 0.2) is 0 Å². The first-order valence-corrected chi connectivity index (χ1v) is 6.15. The number of carbonyl (C=O) groups excluding carboxylic acids is 1. The van der Waals surface area contributed by atoms with Crippen LogP contribution in [0.1, 0.15) is 20.8 Å². The molecule has 88 valence electrons. The molecule has 0 fully saturated rings. The fraction of sp³-hybridized carbons (Fsp3) is 0.154. The van der Waals surface area contributed by atoms with Crippen molar-refractivity contribution in [1.82, 2.24) is 5.32 Å². The van der Waals surface area contributed by atoms with Crippen molar-refractivity contribution in [2.75, 3.05) is 0 Å². The molecule has 2 aromatic rings. The molecule has 2 rings (SSSR count). The highest BCUT2D eigenvalue weighted by Crippen LogP contribution is 2.19.